The second-order valence-corrected chi connectivity index (χ2v) is 8.69. The summed E-state index contributed by atoms with van der Waals surface area (Å²) in [6, 6.07) is 10.8. The topological polar surface area (TPSA) is 85.8 Å². The van der Waals surface area contributed by atoms with Gasteiger partial charge >= 0.3 is 5.91 Å². The van der Waals surface area contributed by atoms with Crippen molar-refractivity contribution in [2.24, 2.45) is 4.99 Å². The maximum Gasteiger partial charge on any atom is 0.315 e. The Bertz CT molecular complexity index is 1140. The molecule has 1 N–H and O–H groups in total. The molecule has 1 saturated heterocycles. The summed E-state index contributed by atoms with van der Waals surface area (Å²) in [5, 5.41) is 2.99. The van der Waals surface area contributed by atoms with Gasteiger partial charge in [-0.3, -0.25) is 9.59 Å². The number of nitrogens with zero attached hydrogens (tertiary/aromatic N) is 2. The number of amides is 2. The molecule has 1 atom stereocenters. The monoisotopic (exact) mass is 439 g/mol. The van der Waals surface area contributed by atoms with E-state index in [1.54, 1.807) is 12.1 Å². The first-order chi connectivity index (χ1) is 15.0. The molecule has 0 aliphatic carbocycles. The highest BCUT2D eigenvalue weighted by Crippen LogP contribution is 2.16. The van der Waals surface area contributed by atoms with Crippen molar-refractivity contribution in [3.8, 4) is 0 Å². The van der Waals surface area contributed by atoms with Gasteiger partial charge in [-0.05, 0) is 50.5 Å². The van der Waals surface area contributed by atoms with E-state index in [1.165, 1.54) is 17.6 Å². The van der Waals surface area contributed by atoms with E-state index in [0.29, 0.717) is 23.5 Å². The Hall–Kier alpha value is -2.97. The lowest BCUT2D eigenvalue weighted by molar-refractivity contribution is 0.0856. The summed E-state index contributed by atoms with van der Waals surface area (Å²) in [7, 11) is 0. The zero-order valence-corrected chi connectivity index (χ0v) is 18.4. The Balaban J connectivity index is 1.60. The van der Waals surface area contributed by atoms with E-state index in [4.69, 9.17) is 9.15 Å². The maximum atomic E-state index is 12.9. The molecule has 1 aliphatic heterocycles. The van der Waals surface area contributed by atoms with Gasteiger partial charge in [0, 0.05) is 29.3 Å². The number of carbonyl (C=O) groups is 2. The number of aromatic nitrogens is 1. The van der Waals surface area contributed by atoms with Gasteiger partial charge in [0.25, 0.3) is 5.91 Å². The fourth-order valence-electron chi connectivity index (χ4n) is 3.57. The van der Waals surface area contributed by atoms with Crippen LogP contribution in [-0.4, -0.2) is 35.6 Å². The van der Waals surface area contributed by atoms with Crippen LogP contribution < -0.4 is 10.1 Å². The smallest absolute Gasteiger partial charge is 0.315 e. The van der Waals surface area contributed by atoms with Crippen LogP contribution in [0.5, 0.6) is 0 Å². The number of thiazole rings is 1. The number of benzene rings is 1. The number of rotatable bonds is 6. The molecule has 3 heterocycles. The van der Waals surface area contributed by atoms with Crippen LogP contribution in [0.3, 0.4) is 0 Å². The minimum atomic E-state index is -0.428. The fourth-order valence-corrected chi connectivity index (χ4v) is 4.54. The van der Waals surface area contributed by atoms with Gasteiger partial charge in [-0.2, -0.15) is 4.99 Å². The molecular formula is C23H25N3O4S. The van der Waals surface area contributed by atoms with Crippen molar-refractivity contribution in [3.05, 3.63) is 74.9 Å². The van der Waals surface area contributed by atoms with Gasteiger partial charge < -0.3 is 19.0 Å². The van der Waals surface area contributed by atoms with E-state index < -0.39 is 5.91 Å². The number of carbonyl (C=O) groups excluding carboxylic acids is 2. The van der Waals surface area contributed by atoms with Crippen LogP contribution in [-0.2, 0) is 11.3 Å². The van der Waals surface area contributed by atoms with E-state index in [2.05, 4.69) is 10.3 Å². The first kappa shape index (κ1) is 21.3. The van der Waals surface area contributed by atoms with Gasteiger partial charge in [-0.1, -0.05) is 18.2 Å². The second kappa shape index (κ2) is 9.45. The zero-order chi connectivity index (χ0) is 21.8. The van der Waals surface area contributed by atoms with E-state index >= 15 is 0 Å². The van der Waals surface area contributed by atoms with Crippen molar-refractivity contribution in [3.63, 3.8) is 0 Å². The first-order valence-electron chi connectivity index (χ1n) is 10.3. The molecule has 1 aliphatic rings. The lowest BCUT2D eigenvalue weighted by Crippen LogP contribution is -2.32. The average Bonchev–Trinajstić information content (AvgIpc) is 3.53. The number of hydrogen-bond donors (Lipinski definition) is 1. The molecule has 4 rings (SSSR count). The largest absolute Gasteiger partial charge is 0.459 e. The number of ether oxygens (including phenoxy) is 1. The third-order valence-electron chi connectivity index (χ3n) is 5.42. The fraction of sp³-hybridized carbons (Fsp3) is 0.348. The summed E-state index contributed by atoms with van der Waals surface area (Å²) >= 11 is 1.44. The molecule has 8 heteroatoms. The van der Waals surface area contributed by atoms with E-state index in [-0.39, 0.29) is 17.8 Å². The SMILES string of the molecule is Cc1sc(=NC(=O)c2ccco2)n(Cc2ccccc2C(=O)NCC2CCCO2)c1C. The molecule has 3 aromatic rings. The summed E-state index contributed by atoms with van der Waals surface area (Å²) in [5.74, 6) is -0.354. The highest BCUT2D eigenvalue weighted by Gasteiger charge is 2.19. The van der Waals surface area contributed by atoms with Crippen LogP contribution in [0.1, 0.15) is 49.9 Å². The molecule has 1 unspecified atom stereocenters. The summed E-state index contributed by atoms with van der Waals surface area (Å²) in [6.45, 7) is 5.68. The minimum absolute atomic E-state index is 0.0882. The predicted octanol–water partition coefficient (Wildman–Crippen LogP) is 3.46. The zero-order valence-electron chi connectivity index (χ0n) is 17.6. The first-order valence-corrected chi connectivity index (χ1v) is 11.1. The molecule has 1 aromatic carbocycles. The predicted molar refractivity (Wildman–Crippen MR) is 117 cm³/mol. The standard InChI is InChI=1S/C23H25N3O4S/c1-15-16(2)31-23(25-22(28)20-10-6-12-30-20)26(15)14-17-7-3-4-9-19(17)21(27)24-13-18-8-5-11-29-18/h3-4,6-7,9-10,12,18H,5,8,11,13-14H2,1-2H3,(H,24,27). The minimum Gasteiger partial charge on any atom is -0.459 e. The molecule has 1 fully saturated rings. The van der Waals surface area contributed by atoms with Crippen molar-refractivity contribution in [2.75, 3.05) is 13.2 Å². The van der Waals surface area contributed by atoms with Crippen LogP contribution in [0.4, 0.5) is 0 Å². The molecule has 2 amide bonds. The van der Waals surface area contributed by atoms with Crippen molar-refractivity contribution >= 4 is 23.2 Å². The lowest BCUT2D eigenvalue weighted by Gasteiger charge is -2.14. The molecule has 31 heavy (non-hydrogen) atoms. The normalized spacial score (nSPS) is 16.6. The third-order valence-corrected chi connectivity index (χ3v) is 6.52. The van der Waals surface area contributed by atoms with Crippen molar-refractivity contribution in [1.29, 1.82) is 0 Å². The molecule has 0 saturated carbocycles. The van der Waals surface area contributed by atoms with Gasteiger partial charge in [0.1, 0.15) is 0 Å². The maximum absolute atomic E-state index is 12.9. The Morgan fingerprint density at radius 3 is 2.81 bits per heavy atom. The Morgan fingerprint density at radius 2 is 2.06 bits per heavy atom. The molecule has 0 spiro atoms. The number of hydrogen-bond acceptors (Lipinski definition) is 5. The van der Waals surface area contributed by atoms with Gasteiger partial charge in [0.15, 0.2) is 10.6 Å². The van der Waals surface area contributed by atoms with E-state index in [0.717, 1.165) is 35.6 Å². The van der Waals surface area contributed by atoms with E-state index in [9.17, 15) is 9.59 Å². The highest BCUT2D eigenvalue weighted by molar-refractivity contribution is 7.09. The lowest BCUT2D eigenvalue weighted by atomic mass is 10.1. The second-order valence-electron chi connectivity index (χ2n) is 7.51. The van der Waals surface area contributed by atoms with Crippen LogP contribution in [0.25, 0.3) is 0 Å². The van der Waals surface area contributed by atoms with Gasteiger partial charge in [-0.15, -0.1) is 11.3 Å². The van der Waals surface area contributed by atoms with E-state index in [1.807, 2.05) is 42.7 Å². The van der Waals surface area contributed by atoms with Crippen LogP contribution in [0.15, 0.2) is 52.1 Å². The third kappa shape index (κ3) is 4.86. The van der Waals surface area contributed by atoms with Crippen LogP contribution >= 0.6 is 11.3 Å². The summed E-state index contributed by atoms with van der Waals surface area (Å²) in [4.78, 5) is 31.2. The van der Waals surface area contributed by atoms with Crippen LogP contribution in [0.2, 0.25) is 0 Å². The summed E-state index contributed by atoms with van der Waals surface area (Å²) in [6.07, 6.45) is 3.55. The average molecular weight is 440 g/mol. The van der Waals surface area contributed by atoms with Crippen molar-refractivity contribution in [1.82, 2.24) is 9.88 Å². The van der Waals surface area contributed by atoms with Gasteiger partial charge in [0.2, 0.25) is 0 Å². The highest BCUT2D eigenvalue weighted by atomic mass is 32.1. The van der Waals surface area contributed by atoms with Gasteiger partial charge in [-0.25, -0.2) is 0 Å². The quantitative estimate of drug-likeness (QED) is 0.637. The van der Waals surface area contributed by atoms with Gasteiger partial charge in [0.05, 0.1) is 18.9 Å². The summed E-state index contributed by atoms with van der Waals surface area (Å²) < 4.78 is 12.7. The molecule has 7 nitrogen and oxygen atoms in total. The Morgan fingerprint density at radius 1 is 1.23 bits per heavy atom. The van der Waals surface area contributed by atoms with Crippen molar-refractivity contribution in [2.45, 2.75) is 39.3 Å². The Labute approximate surface area is 184 Å². The molecular weight excluding hydrogens is 414 g/mol. The molecule has 0 bridgehead atoms. The molecule has 162 valence electrons. The van der Waals surface area contributed by atoms with Crippen molar-refractivity contribution < 1.29 is 18.7 Å². The number of aryl methyl sites for hydroxylation is 1. The van der Waals surface area contributed by atoms with Crippen LogP contribution in [0, 0.1) is 13.8 Å². The summed E-state index contributed by atoms with van der Waals surface area (Å²) in [5.41, 5.74) is 2.48. The Kier molecular flexibility index (Phi) is 6.48. The number of nitrogens with one attached hydrogen (secondary N) is 1. The molecule has 2 aromatic heterocycles. The molecule has 0 radical (unpaired) electrons. The number of furan rings is 1.